The van der Waals surface area contributed by atoms with E-state index < -0.39 is 0 Å². The van der Waals surface area contributed by atoms with E-state index in [9.17, 15) is 9.59 Å². The number of aromatic nitrogens is 5. The Bertz CT molecular complexity index is 1250. The van der Waals surface area contributed by atoms with Gasteiger partial charge in [-0.3, -0.25) is 14.2 Å². The maximum atomic E-state index is 12.9. The first-order valence-electron chi connectivity index (χ1n) is 9.16. The van der Waals surface area contributed by atoms with Crippen LogP contribution >= 0.6 is 11.3 Å². The Morgan fingerprint density at radius 1 is 1.14 bits per heavy atom. The van der Waals surface area contributed by atoms with Gasteiger partial charge in [-0.05, 0) is 32.9 Å². The van der Waals surface area contributed by atoms with E-state index in [-0.39, 0.29) is 24.4 Å². The second-order valence-corrected chi connectivity index (χ2v) is 7.70. The van der Waals surface area contributed by atoms with Crippen molar-refractivity contribution in [2.24, 2.45) is 0 Å². The first kappa shape index (κ1) is 19.0. The molecule has 1 N–H and O–H groups in total. The Hall–Kier alpha value is -3.33. The third kappa shape index (κ3) is 3.81. The molecule has 1 aromatic carbocycles. The highest BCUT2D eigenvalue weighted by Gasteiger charge is 2.15. The lowest BCUT2D eigenvalue weighted by molar-refractivity contribution is -0.116. The zero-order valence-corrected chi connectivity index (χ0v) is 17.2. The van der Waals surface area contributed by atoms with Crippen LogP contribution in [0.15, 0.2) is 40.6 Å². The minimum absolute atomic E-state index is 0.151. The number of fused-ring (bicyclic) bond motifs is 1. The second kappa shape index (κ2) is 7.59. The Morgan fingerprint density at radius 2 is 1.90 bits per heavy atom. The van der Waals surface area contributed by atoms with Crippen LogP contribution in [0.4, 0.5) is 5.13 Å². The molecule has 1 amide bonds. The van der Waals surface area contributed by atoms with Gasteiger partial charge in [0.1, 0.15) is 11.2 Å². The normalized spacial score (nSPS) is 11.1. The van der Waals surface area contributed by atoms with Gasteiger partial charge in [0.05, 0.1) is 17.6 Å². The highest BCUT2D eigenvalue weighted by Crippen LogP contribution is 2.16. The number of carbonyl (C=O) groups excluding carboxylic acids is 1. The molecule has 29 heavy (non-hydrogen) atoms. The summed E-state index contributed by atoms with van der Waals surface area (Å²) < 4.78 is 3.17. The van der Waals surface area contributed by atoms with Crippen molar-refractivity contribution < 1.29 is 4.79 Å². The van der Waals surface area contributed by atoms with Crippen molar-refractivity contribution >= 4 is 33.4 Å². The van der Waals surface area contributed by atoms with Crippen molar-refractivity contribution in [3.8, 4) is 5.69 Å². The quantitative estimate of drug-likeness (QED) is 0.548. The van der Waals surface area contributed by atoms with Gasteiger partial charge in [-0.25, -0.2) is 14.6 Å². The van der Waals surface area contributed by atoms with E-state index in [0.717, 1.165) is 16.9 Å². The number of thiazole rings is 1. The number of rotatable bonds is 5. The summed E-state index contributed by atoms with van der Waals surface area (Å²) in [5, 5.41) is 9.95. The van der Waals surface area contributed by atoms with Crippen LogP contribution in [0.3, 0.4) is 0 Å². The van der Waals surface area contributed by atoms with Gasteiger partial charge in [-0.2, -0.15) is 5.10 Å². The Morgan fingerprint density at radius 3 is 2.59 bits per heavy atom. The monoisotopic (exact) mass is 408 g/mol. The molecule has 0 saturated heterocycles. The van der Waals surface area contributed by atoms with Crippen LogP contribution < -0.4 is 10.9 Å². The first-order valence-corrected chi connectivity index (χ1v) is 10.0. The van der Waals surface area contributed by atoms with E-state index in [4.69, 9.17) is 0 Å². The standard InChI is InChI=1S/C20H20N6O2S/c1-12-4-6-15(7-5-12)26-18-16(10-21-26)19(28)25(14(3)23-18)9-8-17(27)24-20-22-13(2)11-29-20/h4-7,10-11H,8-9H2,1-3H3,(H,22,24,27). The number of aryl methyl sites for hydroxylation is 3. The number of hydrogen-bond donors (Lipinski definition) is 1. The molecule has 0 fully saturated rings. The zero-order chi connectivity index (χ0) is 20.5. The number of nitrogens with zero attached hydrogens (tertiary/aromatic N) is 5. The largest absolute Gasteiger partial charge is 0.302 e. The summed E-state index contributed by atoms with van der Waals surface area (Å²) in [6.07, 6.45) is 1.68. The molecular weight excluding hydrogens is 388 g/mol. The predicted molar refractivity (Wildman–Crippen MR) is 113 cm³/mol. The van der Waals surface area contributed by atoms with E-state index in [1.165, 1.54) is 22.1 Å². The van der Waals surface area contributed by atoms with E-state index in [1.807, 2.05) is 43.5 Å². The van der Waals surface area contributed by atoms with E-state index >= 15 is 0 Å². The molecule has 9 heteroatoms. The molecule has 148 valence electrons. The Kier molecular flexibility index (Phi) is 4.98. The lowest BCUT2D eigenvalue weighted by atomic mass is 10.2. The van der Waals surface area contributed by atoms with Gasteiger partial charge >= 0.3 is 0 Å². The van der Waals surface area contributed by atoms with E-state index in [2.05, 4.69) is 20.4 Å². The second-order valence-electron chi connectivity index (χ2n) is 6.84. The van der Waals surface area contributed by atoms with Crippen LogP contribution in [0.2, 0.25) is 0 Å². The van der Waals surface area contributed by atoms with Crippen molar-refractivity contribution in [1.29, 1.82) is 0 Å². The molecule has 4 aromatic rings. The Balaban J connectivity index is 1.58. The average molecular weight is 408 g/mol. The molecule has 0 spiro atoms. The molecule has 0 bridgehead atoms. The van der Waals surface area contributed by atoms with Gasteiger partial charge in [-0.15, -0.1) is 11.3 Å². The van der Waals surface area contributed by atoms with Gasteiger partial charge in [0, 0.05) is 18.3 Å². The summed E-state index contributed by atoms with van der Waals surface area (Å²) in [7, 11) is 0. The van der Waals surface area contributed by atoms with Crippen molar-refractivity contribution in [2.75, 3.05) is 5.32 Å². The fourth-order valence-corrected chi connectivity index (χ4v) is 3.76. The third-order valence-electron chi connectivity index (χ3n) is 4.58. The molecule has 8 nitrogen and oxygen atoms in total. The molecule has 0 aliphatic carbocycles. The average Bonchev–Trinajstić information content (AvgIpc) is 3.28. The smallest absolute Gasteiger partial charge is 0.264 e. The number of benzene rings is 1. The van der Waals surface area contributed by atoms with Gasteiger partial charge < -0.3 is 5.32 Å². The van der Waals surface area contributed by atoms with Gasteiger partial charge in [0.25, 0.3) is 5.56 Å². The van der Waals surface area contributed by atoms with Crippen LogP contribution in [0, 0.1) is 20.8 Å². The summed E-state index contributed by atoms with van der Waals surface area (Å²) in [5.41, 5.74) is 3.15. The maximum Gasteiger partial charge on any atom is 0.264 e. The van der Waals surface area contributed by atoms with Crippen LogP contribution in [-0.4, -0.2) is 30.2 Å². The molecular formula is C20H20N6O2S. The van der Waals surface area contributed by atoms with Crippen molar-refractivity contribution in [3.63, 3.8) is 0 Å². The summed E-state index contributed by atoms with van der Waals surface area (Å²) in [6, 6.07) is 7.85. The van der Waals surface area contributed by atoms with Crippen molar-refractivity contribution in [2.45, 2.75) is 33.7 Å². The highest BCUT2D eigenvalue weighted by atomic mass is 32.1. The van der Waals surface area contributed by atoms with Crippen LogP contribution in [0.25, 0.3) is 16.7 Å². The molecule has 0 radical (unpaired) electrons. The molecule has 0 unspecified atom stereocenters. The predicted octanol–water partition coefficient (Wildman–Crippen LogP) is 2.99. The topological polar surface area (TPSA) is 94.7 Å². The number of anilines is 1. The van der Waals surface area contributed by atoms with Gasteiger partial charge in [0.2, 0.25) is 5.91 Å². The number of carbonyl (C=O) groups is 1. The molecule has 0 aliphatic heterocycles. The summed E-state index contributed by atoms with van der Waals surface area (Å²) >= 11 is 1.37. The van der Waals surface area contributed by atoms with Crippen LogP contribution in [-0.2, 0) is 11.3 Å². The van der Waals surface area contributed by atoms with Crippen molar-refractivity contribution in [1.82, 2.24) is 24.3 Å². The molecule has 0 atom stereocenters. The number of nitrogens with one attached hydrogen (secondary N) is 1. The van der Waals surface area contributed by atoms with Gasteiger partial charge in [0.15, 0.2) is 10.8 Å². The molecule has 3 heterocycles. The lowest BCUT2D eigenvalue weighted by Crippen LogP contribution is -2.26. The first-order chi connectivity index (χ1) is 13.9. The van der Waals surface area contributed by atoms with Crippen molar-refractivity contribution in [3.05, 3.63) is 63.3 Å². The Labute approximate surface area is 170 Å². The SMILES string of the molecule is Cc1ccc(-n2ncc3c(=O)n(CCC(=O)Nc4nc(C)cs4)c(C)nc32)cc1. The maximum absolute atomic E-state index is 12.9. The van der Waals surface area contributed by atoms with Gasteiger partial charge in [-0.1, -0.05) is 17.7 Å². The minimum Gasteiger partial charge on any atom is -0.302 e. The third-order valence-corrected chi connectivity index (χ3v) is 5.46. The fourth-order valence-electron chi connectivity index (χ4n) is 3.05. The molecule has 4 rings (SSSR count). The summed E-state index contributed by atoms with van der Waals surface area (Å²) in [4.78, 5) is 33.9. The summed E-state index contributed by atoms with van der Waals surface area (Å²) in [5.74, 6) is 0.343. The number of amides is 1. The summed E-state index contributed by atoms with van der Waals surface area (Å²) in [6.45, 7) is 5.87. The van der Waals surface area contributed by atoms with Crippen LogP contribution in [0.5, 0.6) is 0 Å². The molecule has 0 aliphatic rings. The zero-order valence-electron chi connectivity index (χ0n) is 16.3. The van der Waals surface area contributed by atoms with Crippen LogP contribution in [0.1, 0.15) is 23.5 Å². The number of hydrogen-bond acceptors (Lipinski definition) is 6. The highest BCUT2D eigenvalue weighted by molar-refractivity contribution is 7.13. The van der Waals surface area contributed by atoms with E-state index in [1.54, 1.807) is 11.6 Å². The minimum atomic E-state index is -0.205. The lowest BCUT2D eigenvalue weighted by Gasteiger charge is -2.10. The fraction of sp³-hybridized carbons (Fsp3) is 0.250. The molecule has 0 saturated carbocycles. The molecule has 3 aromatic heterocycles. The van der Waals surface area contributed by atoms with E-state index in [0.29, 0.717) is 22.0 Å².